The largest absolute Gasteiger partial charge is 0.393 e. The van der Waals surface area contributed by atoms with Gasteiger partial charge in [0.05, 0.1) is 6.10 Å². The molecule has 1 rings (SSSR count). The predicted molar refractivity (Wildman–Crippen MR) is 54.1 cm³/mol. The molecule has 0 spiro atoms. The molecule has 1 saturated heterocycles. The fraction of sp³-hybridized carbons (Fsp3) is 0.889. The van der Waals surface area contributed by atoms with Gasteiger partial charge in [0.2, 0.25) is 0 Å². The lowest BCUT2D eigenvalue weighted by Crippen LogP contribution is -2.35. The molecule has 82 valence electrons. The molecule has 1 heterocycles. The standard InChI is InChI=1S/C9H19N3O2/c1-8(13)2-3-10-4-6-12-7-5-11-9(12)14/h8,10,13H,2-7H2,1H3,(H,11,14). The molecule has 1 aliphatic heterocycles. The van der Waals surface area contributed by atoms with Crippen LogP contribution in [0, 0.1) is 0 Å². The molecule has 0 radical (unpaired) electrons. The molecule has 1 unspecified atom stereocenters. The highest BCUT2D eigenvalue weighted by Crippen LogP contribution is 1.94. The van der Waals surface area contributed by atoms with Crippen LogP contribution in [-0.4, -0.2) is 54.9 Å². The summed E-state index contributed by atoms with van der Waals surface area (Å²) < 4.78 is 0. The smallest absolute Gasteiger partial charge is 0.317 e. The Morgan fingerprint density at radius 1 is 1.64 bits per heavy atom. The number of urea groups is 1. The van der Waals surface area contributed by atoms with Crippen molar-refractivity contribution in [2.45, 2.75) is 19.4 Å². The summed E-state index contributed by atoms with van der Waals surface area (Å²) in [6.07, 6.45) is 0.504. The van der Waals surface area contributed by atoms with Crippen molar-refractivity contribution in [1.82, 2.24) is 15.5 Å². The average molecular weight is 201 g/mol. The topological polar surface area (TPSA) is 64.6 Å². The molecule has 0 saturated carbocycles. The van der Waals surface area contributed by atoms with Gasteiger partial charge < -0.3 is 20.6 Å². The van der Waals surface area contributed by atoms with Gasteiger partial charge in [-0.05, 0) is 19.9 Å². The minimum absolute atomic E-state index is 0.0299. The highest BCUT2D eigenvalue weighted by atomic mass is 16.3. The normalized spacial score (nSPS) is 18.4. The third kappa shape index (κ3) is 3.93. The van der Waals surface area contributed by atoms with Gasteiger partial charge in [-0.2, -0.15) is 0 Å². The Balaban J connectivity index is 1.96. The first-order valence-electron chi connectivity index (χ1n) is 5.11. The highest BCUT2D eigenvalue weighted by Gasteiger charge is 2.17. The SMILES string of the molecule is CC(O)CCNCCN1CCNC1=O. The van der Waals surface area contributed by atoms with Crippen molar-refractivity contribution in [3.8, 4) is 0 Å². The van der Waals surface area contributed by atoms with E-state index >= 15 is 0 Å². The van der Waals surface area contributed by atoms with Crippen molar-refractivity contribution in [2.24, 2.45) is 0 Å². The van der Waals surface area contributed by atoms with Gasteiger partial charge in [-0.15, -0.1) is 0 Å². The molecule has 14 heavy (non-hydrogen) atoms. The molecule has 1 fully saturated rings. The summed E-state index contributed by atoms with van der Waals surface area (Å²) in [5.41, 5.74) is 0. The fourth-order valence-electron chi connectivity index (χ4n) is 1.37. The number of rotatable bonds is 6. The van der Waals surface area contributed by atoms with Crippen LogP contribution < -0.4 is 10.6 Å². The zero-order valence-corrected chi connectivity index (χ0v) is 8.62. The maximum Gasteiger partial charge on any atom is 0.317 e. The van der Waals surface area contributed by atoms with Gasteiger partial charge in [-0.1, -0.05) is 0 Å². The molecule has 0 bridgehead atoms. The molecular formula is C9H19N3O2. The second kappa shape index (κ2) is 5.82. The lowest BCUT2D eigenvalue weighted by atomic mass is 10.3. The third-order valence-corrected chi connectivity index (χ3v) is 2.24. The van der Waals surface area contributed by atoms with Crippen LogP contribution in [0.1, 0.15) is 13.3 Å². The van der Waals surface area contributed by atoms with E-state index in [0.29, 0.717) is 0 Å². The summed E-state index contributed by atoms with van der Waals surface area (Å²) in [6.45, 7) is 5.66. The predicted octanol–water partition coefficient (Wildman–Crippen LogP) is -0.628. The molecule has 1 atom stereocenters. The van der Waals surface area contributed by atoms with Crippen molar-refractivity contribution < 1.29 is 9.90 Å². The quantitative estimate of drug-likeness (QED) is 0.501. The molecule has 0 aliphatic carbocycles. The van der Waals surface area contributed by atoms with Crippen LogP contribution in [-0.2, 0) is 0 Å². The molecule has 5 heteroatoms. The maximum atomic E-state index is 11.1. The number of amides is 2. The molecule has 0 aromatic carbocycles. The maximum absolute atomic E-state index is 11.1. The first kappa shape index (κ1) is 11.3. The van der Waals surface area contributed by atoms with Crippen LogP contribution in [0.5, 0.6) is 0 Å². The van der Waals surface area contributed by atoms with E-state index in [-0.39, 0.29) is 12.1 Å². The summed E-state index contributed by atoms with van der Waals surface area (Å²) in [7, 11) is 0. The minimum Gasteiger partial charge on any atom is -0.393 e. The Morgan fingerprint density at radius 3 is 3.00 bits per heavy atom. The molecular weight excluding hydrogens is 182 g/mol. The van der Waals surface area contributed by atoms with Crippen LogP contribution >= 0.6 is 0 Å². The molecule has 0 aromatic rings. The molecule has 1 aliphatic rings. The lowest BCUT2D eigenvalue weighted by molar-refractivity contribution is 0.183. The Bertz CT molecular complexity index is 185. The van der Waals surface area contributed by atoms with Gasteiger partial charge in [0.1, 0.15) is 0 Å². The number of aliphatic hydroxyl groups excluding tert-OH is 1. The Hall–Kier alpha value is -0.810. The van der Waals surface area contributed by atoms with Crippen molar-refractivity contribution >= 4 is 6.03 Å². The number of nitrogens with one attached hydrogen (secondary N) is 2. The number of hydrogen-bond acceptors (Lipinski definition) is 3. The van der Waals surface area contributed by atoms with Crippen LogP contribution in [0.2, 0.25) is 0 Å². The van der Waals surface area contributed by atoms with Gasteiger partial charge in [0.15, 0.2) is 0 Å². The van der Waals surface area contributed by atoms with E-state index in [1.807, 2.05) is 0 Å². The van der Waals surface area contributed by atoms with Crippen molar-refractivity contribution in [3.05, 3.63) is 0 Å². The third-order valence-electron chi connectivity index (χ3n) is 2.24. The van der Waals surface area contributed by atoms with E-state index < -0.39 is 0 Å². The molecule has 5 nitrogen and oxygen atoms in total. The summed E-state index contributed by atoms with van der Waals surface area (Å²) in [5, 5.41) is 14.9. The Kier molecular flexibility index (Phi) is 4.69. The van der Waals surface area contributed by atoms with Gasteiger partial charge in [0, 0.05) is 26.2 Å². The second-order valence-electron chi connectivity index (χ2n) is 3.61. The van der Waals surface area contributed by atoms with E-state index in [4.69, 9.17) is 5.11 Å². The molecule has 2 amide bonds. The Morgan fingerprint density at radius 2 is 2.43 bits per heavy atom. The number of carbonyl (C=O) groups is 1. The first-order chi connectivity index (χ1) is 6.70. The number of hydrogen-bond donors (Lipinski definition) is 3. The average Bonchev–Trinajstić information content (AvgIpc) is 2.51. The summed E-state index contributed by atoms with van der Waals surface area (Å²) in [5.74, 6) is 0. The highest BCUT2D eigenvalue weighted by molar-refractivity contribution is 5.76. The zero-order chi connectivity index (χ0) is 10.4. The van der Waals surface area contributed by atoms with E-state index in [1.165, 1.54) is 0 Å². The van der Waals surface area contributed by atoms with Crippen LogP contribution in [0.4, 0.5) is 4.79 Å². The summed E-state index contributed by atoms with van der Waals surface area (Å²) in [4.78, 5) is 12.9. The fourth-order valence-corrected chi connectivity index (χ4v) is 1.37. The molecule has 0 aromatic heterocycles. The number of nitrogens with zero attached hydrogens (tertiary/aromatic N) is 1. The molecule has 3 N–H and O–H groups in total. The Labute approximate surface area is 84.5 Å². The van der Waals surface area contributed by atoms with E-state index in [9.17, 15) is 4.79 Å². The minimum atomic E-state index is -0.252. The van der Waals surface area contributed by atoms with E-state index in [1.54, 1.807) is 11.8 Å². The number of carbonyl (C=O) groups excluding carboxylic acids is 1. The lowest BCUT2D eigenvalue weighted by Gasteiger charge is -2.14. The van der Waals surface area contributed by atoms with E-state index in [2.05, 4.69) is 10.6 Å². The van der Waals surface area contributed by atoms with Gasteiger partial charge in [0.25, 0.3) is 0 Å². The van der Waals surface area contributed by atoms with Crippen molar-refractivity contribution in [2.75, 3.05) is 32.7 Å². The summed E-state index contributed by atoms with van der Waals surface area (Å²) in [6, 6.07) is 0.0299. The van der Waals surface area contributed by atoms with Gasteiger partial charge >= 0.3 is 6.03 Å². The summed E-state index contributed by atoms with van der Waals surface area (Å²) >= 11 is 0. The van der Waals surface area contributed by atoms with Crippen molar-refractivity contribution in [3.63, 3.8) is 0 Å². The van der Waals surface area contributed by atoms with Crippen LogP contribution in [0.25, 0.3) is 0 Å². The zero-order valence-electron chi connectivity index (χ0n) is 8.62. The van der Waals surface area contributed by atoms with Crippen LogP contribution in [0.15, 0.2) is 0 Å². The second-order valence-corrected chi connectivity index (χ2v) is 3.61. The monoisotopic (exact) mass is 201 g/mol. The first-order valence-corrected chi connectivity index (χ1v) is 5.11. The van der Waals surface area contributed by atoms with Crippen LogP contribution in [0.3, 0.4) is 0 Å². The number of aliphatic hydroxyl groups is 1. The van der Waals surface area contributed by atoms with Gasteiger partial charge in [-0.3, -0.25) is 0 Å². The van der Waals surface area contributed by atoms with Crippen molar-refractivity contribution in [1.29, 1.82) is 0 Å². The van der Waals surface area contributed by atoms with Gasteiger partial charge in [-0.25, -0.2) is 4.79 Å². The van der Waals surface area contributed by atoms with E-state index in [0.717, 1.165) is 39.1 Å².